The van der Waals surface area contributed by atoms with Crippen LogP contribution in [-0.4, -0.2) is 47.4 Å². The van der Waals surface area contributed by atoms with Crippen LogP contribution < -0.4 is 21.3 Å². The summed E-state index contributed by atoms with van der Waals surface area (Å²) in [6.07, 6.45) is 3.17. The van der Waals surface area contributed by atoms with E-state index in [4.69, 9.17) is 4.74 Å². The van der Waals surface area contributed by atoms with Crippen molar-refractivity contribution in [2.75, 3.05) is 23.0 Å². The van der Waals surface area contributed by atoms with Crippen LogP contribution in [0.2, 0.25) is 0 Å². The quantitative estimate of drug-likeness (QED) is 0.298. The third kappa shape index (κ3) is 4.13. The molecular formula is C23H28N4O3S. The van der Waals surface area contributed by atoms with E-state index in [1.54, 1.807) is 0 Å². The number of amides is 2. The average Bonchev–Trinajstić information content (AvgIpc) is 3.29. The highest BCUT2D eigenvalue weighted by Crippen LogP contribution is 2.37. The molecule has 2 fully saturated rings. The molecule has 0 bridgehead atoms. The maximum Gasteiger partial charge on any atom is 0.315 e. The van der Waals surface area contributed by atoms with E-state index < -0.39 is 5.66 Å². The number of hydrogen-bond acceptors (Lipinski definition) is 6. The molecular weight excluding hydrogens is 412 g/mol. The second-order valence-corrected chi connectivity index (χ2v) is 10.1. The van der Waals surface area contributed by atoms with Gasteiger partial charge in [0, 0.05) is 34.2 Å². The molecule has 4 N–H and O–H groups in total. The Hall–Kier alpha value is -2.61. The molecule has 3 aliphatic heterocycles. The molecule has 0 unspecified atom stereocenters. The molecule has 0 spiro atoms. The van der Waals surface area contributed by atoms with Gasteiger partial charge in [0.05, 0.1) is 12.1 Å². The largest absolute Gasteiger partial charge is 0.461 e. The van der Waals surface area contributed by atoms with Crippen molar-refractivity contribution in [2.24, 2.45) is 0 Å². The zero-order valence-electron chi connectivity index (χ0n) is 17.6. The number of carbonyl (C=O) groups excluding carboxylic acids is 2. The van der Waals surface area contributed by atoms with Crippen LogP contribution in [0, 0.1) is 0 Å². The maximum atomic E-state index is 12.3. The lowest BCUT2D eigenvalue weighted by Crippen LogP contribution is -2.49. The molecule has 3 aliphatic rings. The average molecular weight is 441 g/mol. The molecule has 0 radical (unpaired) electrons. The van der Waals surface area contributed by atoms with E-state index in [0.29, 0.717) is 11.7 Å². The number of esters is 1. The standard InChI is InChI=1S/C23H28N4O3S/c1-23(26-15-8-4-6-14-7-5-9-16(27-23)20(14)15)13-30-19(28)11-3-2-10-18-21-17(12-31-18)24-22(29)25-21/h4-9,17-18,21,26-27H,2-3,10-13H2,1H3,(H2,24,25,29)/t17-,18-,21-/m1/s1. The van der Waals surface area contributed by atoms with Gasteiger partial charge in [-0.25, -0.2) is 4.79 Å². The lowest BCUT2D eigenvalue weighted by Gasteiger charge is -2.38. The van der Waals surface area contributed by atoms with Crippen LogP contribution in [0.5, 0.6) is 0 Å². The van der Waals surface area contributed by atoms with Gasteiger partial charge in [0.2, 0.25) is 0 Å². The highest BCUT2D eigenvalue weighted by atomic mass is 32.2. The molecule has 164 valence electrons. The number of hydrogen-bond donors (Lipinski definition) is 4. The van der Waals surface area contributed by atoms with Crippen molar-refractivity contribution >= 4 is 45.9 Å². The van der Waals surface area contributed by atoms with Crippen molar-refractivity contribution in [3.63, 3.8) is 0 Å². The smallest absolute Gasteiger partial charge is 0.315 e. The minimum absolute atomic E-state index is 0.0545. The van der Waals surface area contributed by atoms with E-state index in [0.717, 1.165) is 41.8 Å². The summed E-state index contributed by atoms with van der Waals surface area (Å²) in [4.78, 5) is 23.8. The Balaban J connectivity index is 1.08. The molecule has 3 atom stereocenters. The lowest BCUT2D eigenvalue weighted by atomic mass is 10.0. The third-order valence-corrected chi connectivity index (χ3v) is 7.81. The molecule has 7 nitrogen and oxygen atoms in total. The Labute approximate surface area is 186 Å². The fourth-order valence-corrected chi connectivity index (χ4v) is 6.35. The summed E-state index contributed by atoms with van der Waals surface area (Å²) in [6, 6.07) is 12.8. The summed E-state index contributed by atoms with van der Waals surface area (Å²) < 4.78 is 5.61. The van der Waals surface area contributed by atoms with Gasteiger partial charge in [-0.2, -0.15) is 11.8 Å². The van der Waals surface area contributed by atoms with Gasteiger partial charge in [-0.1, -0.05) is 30.7 Å². The van der Waals surface area contributed by atoms with Gasteiger partial charge >= 0.3 is 12.0 Å². The Morgan fingerprint density at radius 1 is 1.13 bits per heavy atom. The van der Waals surface area contributed by atoms with Crippen LogP contribution in [-0.2, 0) is 9.53 Å². The number of benzene rings is 2. The number of thioether (sulfide) groups is 1. The number of carbonyl (C=O) groups is 2. The molecule has 2 aromatic carbocycles. The molecule has 2 aromatic rings. The molecule has 5 rings (SSSR count). The molecule has 3 heterocycles. The van der Waals surface area contributed by atoms with E-state index in [9.17, 15) is 9.59 Å². The predicted molar refractivity (Wildman–Crippen MR) is 125 cm³/mol. The van der Waals surface area contributed by atoms with Crippen LogP contribution in [0.3, 0.4) is 0 Å². The molecule has 0 saturated carbocycles. The topological polar surface area (TPSA) is 91.5 Å². The number of ether oxygens (including phenoxy) is 1. The summed E-state index contributed by atoms with van der Waals surface area (Å²) in [5.74, 6) is 0.792. The minimum Gasteiger partial charge on any atom is -0.461 e. The van der Waals surface area contributed by atoms with Gasteiger partial charge in [-0.3, -0.25) is 4.79 Å². The monoisotopic (exact) mass is 440 g/mol. The first kappa shape index (κ1) is 20.3. The summed E-state index contributed by atoms with van der Waals surface area (Å²) >= 11 is 1.91. The van der Waals surface area contributed by atoms with Crippen LogP contribution in [0.1, 0.15) is 32.6 Å². The second-order valence-electron chi connectivity index (χ2n) is 8.82. The van der Waals surface area contributed by atoms with Gasteiger partial charge < -0.3 is 26.0 Å². The number of rotatable bonds is 7. The maximum absolute atomic E-state index is 12.3. The Morgan fingerprint density at radius 3 is 2.61 bits per heavy atom. The van der Waals surface area contributed by atoms with Gasteiger partial charge in [0.25, 0.3) is 0 Å². The Kier molecular flexibility index (Phi) is 5.33. The number of anilines is 2. The van der Waals surface area contributed by atoms with Crippen molar-refractivity contribution in [1.29, 1.82) is 0 Å². The molecule has 2 amide bonds. The normalized spacial score (nSPS) is 25.2. The highest BCUT2D eigenvalue weighted by Gasteiger charge is 2.42. The highest BCUT2D eigenvalue weighted by molar-refractivity contribution is 8.00. The first-order valence-electron chi connectivity index (χ1n) is 10.9. The fraction of sp³-hybridized carbons (Fsp3) is 0.478. The number of unbranched alkanes of at least 4 members (excludes halogenated alkanes) is 1. The number of urea groups is 1. The summed E-state index contributed by atoms with van der Waals surface area (Å²) in [7, 11) is 0. The van der Waals surface area contributed by atoms with Crippen molar-refractivity contribution in [3.05, 3.63) is 36.4 Å². The molecule has 31 heavy (non-hydrogen) atoms. The second kappa shape index (κ2) is 8.15. The van der Waals surface area contributed by atoms with Crippen LogP contribution in [0.25, 0.3) is 10.8 Å². The molecule has 0 aliphatic carbocycles. The van der Waals surface area contributed by atoms with Crippen LogP contribution >= 0.6 is 11.8 Å². The van der Waals surface area contributed by atoms with Crippen molar-refractivity contribution in [2.45, 2.75) is 55.6 Å². The summed E-state index contributed by atoms with van der Waals surface area (Å²) in [5, 5.41) is 15.7. The van der Waals surface area contributed by atoms with Gasteiger partial charge in [0.1, 0.15) is 12.3 Å². The fourth-order valence-electron chi connectivity index (χ4n) is 4.80. The first-order chi connectivity index (χ1) is 15.0. The SMILES string of the molecule is CC1(COC(=O)CCCC[C@H]2SC[C@H]3NC(=O)N[C@H]32)Nc2cccc3cccc(c23)N1. The molecule has 8 heteroatoms. The van der Waals surface area contributed by atoms with E-state index in [1.807, 2.05) is 30.8 Å². The van der Waals surface area contributed by atoms with Crippen LogP contribution in [0.4, 0.5) is 16.2 Å². The predicted octanol–water partition coefficient (Wildman–Crippen LogP) is 3.66. The summed E-state index contributed by atoms with van der Waals surface area (Å²) in [6.45, 7) is 2.25. The van der Waals surface area contributed by atoms with E-state index >= 15 is 0 Å². The number of fused-ring (bicyclic) bond motifs is 1. The van der Waals surface area contributed by atoms with Crippen molar-refractivity contribution in [1.82, 2.24) is 10.6 Å². The summed E-state index contributed by atoms with van der Waals surface area (Å²) in [5.41, 5.74) is 1.54. The lowest BCUT2D eigenvalue weighted by molar-refractivity contribution is -0.144. The zero-order chi connectivity index (χ0) is 21.4. The van der Waals surface area contributed by atoms with Gasteiger partial charge in [0.15, 0.2) is 0 Å². The van der Waals surface area contributed by atoms with Gasteiger partial charge in [-0.05, 0) is 37.3 Å². The Bertz CT molecular complexity index is 973. The minimum atomic E-state index is -0.554. The van der Waals surface area contributed by atoms with Gasteiger partial charge in [-0.15, -0.1) is 0 Å². The number of nitrogens with one attached hydrogen (secondary N) is 4. The third-order valence-electron chi connectivity index (χ3n) is 6.31. The van der Waals surface area contributed by atoms with E-state index in [-0.39, 0.29) is 30.7 Å². The molecule has 2 saturated heterocycles. The van der Waals surface area contributed by atoms with Crippen LogP contribution in [0.15, 0.2) is 36.4 Å². The first-order valence-corrected chi connectivity index (χ1v) is 12.0. The Morgan fingerprint density at radius 2 is 1.87 bits per heavy atom. The van der Waals surface area contributed by atoms with Crippen molar-refractivity contribution < 1.29 is 14.3 Å². The van der Waals surface area contributed by atoms with Crippen molar-refractivity contribution in [3.8, 4) is 0 Å². The zero-order valence-corrected chi connectivity index (χ0v) is 18.4. The van der Waals surface area contributed by atoms with E-state index in [2.05, 4.69) is 45.5 Å². The molecule has 0 aromatic heterocycles. The van der Waals surface area contributed by atoms with E-state index in [1.165, 1.54) is 5.39 Å².